The summed E-state index contributed by atoms with van der Waals surface area (Å²) in [7, 11) is 0. The molecule has 0 spiro atoms. The van der Waals surface area contributed by atoms with Gasteiger partial charge >= 0.3 is 5.97 Å². The van der Waals surface area contributed by atoms with E-state index in [1.807, 2.05) is 0 Å². The van der Waals surface area contributed by atoms with E-state index in [2.05, 4.69) is 21.3 Å². The monoisotopic (exact) mass is 640 g/mol. The number of carboxylic acid groups (broad SMARTS) is 1. The molecule has 0 aliphatic rings. The van der Waals surface area contributed by atoms with Gasteiger partial charge in [0.05, 0.1) is 12.6 Å². The number of hydrogen-bond acceptors (Lipinski definition) is 10. The molecule has 246 valence electrons. The fourth-order valence-corrected chi connectivity index (χ4v) is 4.44. The Hall–Kier alpha value is -3.89. The summed E-state index contributed by atoms with van der Waals surface area (Å²) in [6, 6.07) is -0.330. The number of nitrogens with one attached hydrogen (secondary N) is 4. The molecule has 16 heteroatoms. The van der Waals surface area contributed by atoms with Gasteiger partial charge in [0.15, 0.2) is 0 Å². The Morgan fingerprint density at radius 1 is 0.864 bits per heavy atom. The minimum absolute atomic E-state index is 0.00510. The van der Waals surface area contributed by atoms with Gasteiger partial charge in [-0.2, -0.15) is 11.8 Å². The minimum Gasteiger partial charge on any atom is -0.508 e. The Kier molecular flexibility index (Phi) is 16.8. The minimum atomic E-state index is -1.57. The van der Waals surface area contributed by atoms with Crippen LogP contribution in [0.15, 0.2) is 24.3 Å². The standard InChI is InChI=1S/C28H44N6O9S/c1-4-15(2)23(27(41)31-19(11-12-44-3)25(39)33-21(14-35)28(42)43)34-26(40)20(13-16-5-7-17(36)8-6-16)32-24(38)18(29)9-10-22(30)37/h5-8,15,18-21,23,35-36H,4,9-14,29H2,1-3H3,(H2,30,37)(H,31,41)(H,32,38)(H,33,39)(H,34,40)(H,42,43)/t15-,18-,19-,20-,21-,23-/m0/s1. The molecule has 1 rings (SSSR count). The van der Waals surface area contributed by atoms with E-state index in [9.17, 15) is 44.1 Å². The fourth-order valence-electron chi connectivity index (χ4n) is 3.96. The van der Waals surface area contributed by atoms with Crippen LogP contribution in [-0.2, 0) is 35.2 Å². The van der Waals surface area contributed by atoms with Gasteiger partial charge in [0.25, 0.3) is 0 Å². The number of amides is 5. The van der Waals surface area contributed by atoms with Crippen LogP contribution in [0.25, 0.3) is 0 Å². The number of aliphatic carboxylic acids is 1. The van der Waals surface area contributed by atoms with Crippen LogP contribution in [0.4, 0.5) is 0 Å². The molecular formula is C28H44N6O9S. The maximum Gasteiger partial charge on any atom is 0.328 e. The molecule has 11 N–H and O–H groups in total. The van der Waals surface area contributed by atoms with Crippen LogP contribution < -0.4 is 32.7 Å². The van der Waals surface area contributed by atoms with E-state index in [1.165, 1.54) is 23.9 Å². The van der Waals surface area contributed by atoms with Crippen molar-refractivity contribution in [3.05, 3.63) is 29.8 Å². The van der Waals surface area contributed by atoms with Gasteiger partial charge in [-0.3, -0.25) is 24.0 Å². The molecule has 6 atom stereocenters. The Balaban J connectivity index is 3.23. The van der Waals surface area contributed by atoms with Gasteiger partial charge in [0.2, 0.25) is 29.5 Å². The molecule has 0 aliphatic heterocycles. The van der Waals surface area contributed by atoms with Gasteiger partial charge in [-0.1, -0.05) is 32.4 Å². The van der Waals surface area contributed by atoms with Gasteiger partial charge < -0.3 is 48.1 Å². The van der Waals surface area contributed by atoms with E-state index in [0.29, 0.717) is 17.7 Å². The Bertz CT molecular complexity index is 1140. The second-order valence-corrected chi connectivity index (χ2v) is 11.3. The number of nitrogens with two attached hydrogens (primary N) is 2. The van der Waals surface area contributed by atoms with Gasteiger partial charge in [-0.15, -0.1) is 0 Å². The third-order valence-corrected chi connectivity index (χ3v) is 7.53. The molecule has 1 aromatic carbocycles. The lowest BCUT2D eigenvalue weighted by Gasteiger charge is -2.29. The van der Waals surface area contributed by atoms with E-state index in [4.69, 9.17) is 11.5 Å². The van der Waals surface area contributed by atoms with Crippen LogP contribution in [0.2, 0.25) is 0 Å². The number of aromatic hydroxyl groups is 1. The molecular weight excluding hydrogens is 596 g/mol. The highest BCUT2D eigenvalue weighted by molar-refractivity contribution is 7.98. The number of carbonyl (C=O) groups is 6. The van der Waals surface area contributed by atoms with Crippen LogP contribution in [0.3, 0.4) is 0 Å². The quantitative estimate of drug-likeness (QED) is 0.0779. The number of aliphatic hydroxyl groups is 1. The lowest BCUT2D eigenvalue weighted by Crippen LogP contribution is -2.60. The summed E-state index contributed by atoms with van der Waals surface area (Å²) in [5.41, 5.74) is 11.6. The Morgan fingerprint density at radius 3 is 1.95 bits per heavy atom. The number of rotatable bonds is 20. The predicted molar refractivity (Wildman–Crippen MR) is 163 cm³/mol. The van der Waals surface area contributed by atoms with Crippen LogP contribution in [0.1, 0.15) is 45.1 Å². The fraction of sp³-hybridized carbons (Fsp3) is 0.571. The van der Waals surface area contributed by atoms with Crippen LogP contribution in [0.5, 0.6) is 5.75 Å². The molecule has 5 amide bonds. The molecule has 0 aliphatic carbocycles. The number of thioether (sulfide) groups is 1. The molecule has 1 aromatic rings. The molecule has 0 unspecified atom stereocenters. The summed E-state index contributed by atoms with van der Waals surface area (Å²) in [5.74, 6) is -5.07. The molecule has 0 radical (unpaired) electrons. The first-order valence-corrected chi connectivity index (χ1v) is 15.5. The van der Waals surface area contributed by atoms with Crippen molar-refractivity contribution in [3.8, 4) is 5.75 Å². The smallest absolute Gasteiger partial charge is 0.328 e. The highest BCUT2D eigenvalue weighted by Crippen LogP contribution is 2.14. The molecule has 0 saturated heterocycles. The topological polar surface area (TPSA) is 263 Å². The third kappa shape index (κ3) is 13.2. The first-order chi connectivity index (χ1) is 20.7. The van der Waals surface area contributed by atoms with Gasteiger partial charge in [-0.25, -0.2) is 4.79 Å². The van der Waals surface area contributed by atoms with E-state index in [0.717, 1.165) is 0 Å². The van der Waals surface area contributed by atoms with Crippen LogP contribution >= 0.6 is 11.8 Å². The molecule has 0 bridgehead atoms. The largest absolute Gasteiger partial charge is 0.508 e. The van der Waals surface area contributed by atoms with Gasteiger partial charge in [0, 0.05) is 12.8 Å². The normalized spacial score (nSPS) is 15.0. The number of carbonyl (C=O) groups excluding carboxylic acids is 5. The molecule has 0 heterocycles. The summed E-state index contributed by atoms with van der Waals surface area (Å²) in [4.78, 5) is 75.2. The summed E-state index contributed by atoms with van der Waals surface area (Å²) in [5, 5.41) is 38.1. The number of phenolic OH excluding ortho intramolecular Hbond substituents is 1. The van der Waals surface area contributed by atoms with Crippen molar-refractivity contribution in [3.63, 3.8) is 0 Å². The highest BCUT2D eigenvalue weighted by atomic mass is 32.2. The van der Waals surface area contributed by atoms with Gasteiger partial charge in [-0.05, 0) is 48.5 Å². The van der Waals surface area contributed by atoms with Crippen LogP contribution in [-0.4, -0.2) is 99.6 Å². The molecule has 15 nitrogen and oxygen atoms in total. The lowest BCUT2D eigenvalue weighted by atomic mass is 9.96. The zero-order chi connectivity index (χ0) is 33.4. The van der Waals surface area contributed by atoms with Crippen molar-refractivity contribution >= 4 is 47.3 Å². The highest BCUT2D eigenvalue weighted by Gasteiger charge is 2.33. The maximum atomic E-state index is 13.6. The maximum absolute atomic E-state index is 13.6. The molecule has 44 heavy (non-hydrogen) atoms. The third-order valence-electron chi connectivity index (χ3n) is 6.88. The average molecular weight is 641 g/mol. The van der Waals surface area contributed by atoms with E-state index in [1.54, 1.807) is 32.2 Å². The molecule has 0 aromatic heterocycles. The van der Waals surface area contributed by atoms with Crippen molar-refractivity contribution in [1.82, 2.24) is 21.3 Å². The first kappa shape index (κ1) is 38.1. The lowest BCUT2D eigenvalue weighted by molar-refractivity contribution is -0.143. The summed E-state index contributed by atoms with van der Waals surface area (Å²) in [6.45, 7) is 2.65. The van der Waals surface area contributed by atoms with Crippen molar-refractivity contribution in [1.29, 1.82) is 0 Å². The number of benzene rings is 1. The zero-order valence-electron chi connectivity index (χ0n) is 25.1. The zero-order valence-corrected chi connectivity index (χ0v) is 25.9. The predicted octanol–water partition coefficient (Wildman–Crippen LogP) is -1.66. The van der Waals surface area contributed by atoms with E-state index < -0.39 is 78.2 Å². The Labute approximate surface area is 260 Å². The number of hydrogen-bond donors (Lipinski definition) is 9. The SMILES string of the molecule is CC[C@H](C)[C@H](NC(=O)[C@H](Cc1ccc(O)cc1)NC(=O)[C@@H](N)CCC(N)=O)C(=O)N[C@@H](CCSC)C(=O)N[C@@H](CO)C(=O)O. The number of aliphatic hydroxyl groups excluding tert-OH is 1. The number of phenols is 1. The summed E-state index contributed by atoms with van der Waals surface area (Å²) >= 11 is 1.40. The second-order valence-electron chi connectivity index (χ2n) is 10.3. The van der Waals surface area contributed by atoms with E-state index >= 15 is 0 Å². The second kappa shape index (κ2) is 19.4. The van der Waals surface area contributed by atoms with E-state index in [-0.39, 0.29) is 31.4 Å². The summed E-state index contributed by atoms with van der Waals surface area (Å²) < 4.78 is 0. The average Bonchev–Trinajstić information content (AvgIpc) is 2.98. The van der Waals surface area contributed by atoms with Crippen molar-refractivity contribution in [2.24, 2.45) is 17.4 Å². The van der Waals surface area contributed by atoms with Crippen LogP contribution in [0, 0.1) is 5.92 Å². The van der Waals surface area contributed by atoms with Crippen molar-refractivity contribution in [2.75, 3.05) is 18.6 Å². The number of primary amides is 1. The number of carboxylic acids is 1. The van der Waals surface area contributed by atoms with Gasteiger partial charge in [0.1, 0.15) is 29.9 Å². The summed E-state index contributed by atoms with van der Waals surface area (Å²) in [6.07, 6.45) is 2.14. The van der Waals surface area contributed by atoms with Crippen molar-refractivity contribution < 1.29 is 44.1 Å². The molecule has 0 saturated carbocycles. The van der Waals surface area contributed by atoms with Crippen molar-refractivity contribution in [2.45, 2.75) is 76.2 Å². The first-order valence-electron chi connectivity index (χ1n) is 14.1. The Morgan fingerprint density at radius 2 is 1.43 bits per heavy atom. The molecule has 0 fully saturated rings.